The highest BCUT2D eigenvalue weighted by atomic mass is 28.4. The Morgan fingerprint density at radius 3 is 2.08 bits per heavy atom. The molecule has 1 aliphatic rings. The molecular weight excluding hydrogens is 180 g/mol. The summed E-state index contributed by atoms with van der Waals surface area (Å²) >= 11 is 0. The van der Waals surface area contributed by atoms with Crippen LogP contribution in [0.15, 0.2) is 0 Å². The fraction of sp³-hybridized carbons (Fsp3) is 1.00. The second-order valence-corrected chi connectivity index (χ2v) is 7.69. The monoisotopic (exact) mass is 202 g/mol. The van der Waals surface area contributed by atoms with E-state index in [1.165, 1.54) is 37.8 Å². The number of rotatable bonds is 4. The molecule has 1 fully saturated rings. The summed E-state index contributed by atoms with van der Waals surface area (Å²) < 4.78 is 11.1. The highest BCUT2D eigenvalue weighted by molar-refractivity contribution is 6.67. The maximum Gasteiger partial charge on any atom is 0.337 e. The van der Waals surface area contributed by atoms with Crippen LogP contribution in [0.5, 0.6) is 0 Å². The molecule has 0 aromatic carbocycles. The molecule has 0 bridgehead atoms. The van der Waals surface area contributed by atoms with E-state index in [2.05, 4.69) is 6.92 Å². The van der Waals surface area contributed by atoms with Gasteiger partial charge in [-0.25, -0.2) is 0 Å². The molecule has 1 saturated heterocycles. The zero-order valence-electron chi connectivity index (χ0n) is 9.14. The van der Waals surface area contributed by atoms with Gasteiger partial charge in [0.1, 0.15) is 0 Å². The summed E-state index contributed by atoms with van der Waals surface area (Å²) in [5.41, 5.74) is 0. The van der Waals surface area contributed by atoms with Gasteiger partial charge in [-0.15, -0.1) is 0 Å². The van der Waals surface area contributed by atoms with Crippen LogP contribution in [0.25, 0.3) is 0 Å². The van der Waals surface area contributed by atoms with Crippen LogP contribution in [-0.4, -0.2) is 22.8 Å². The Morgan fingerprint density at radius 2 is 1.69 bits per heavy atom. The van der Waals surface area contributed by atoms with Crippen LogP contribution in [0.4, 0.5) is 0 Å². The average molecular weight is 202 g/mol. The Labute approximate surface area is 82.9 Å². The molecule has 0 amide bonds. The largest absolute Gasteiger partial charge is 0.398 e. The van der Waals surface area contributed by atoms with Crippen molar-refractivity contribution in [2.75, 3.05) is 14.2 Å². The maximum atomic E-state index is 5.57. The molecular formula is C10H22O2Si. The predicted octanol–water partition coefficient (Wildman–Crippen LogP) is 2.93. The molecule has 0 aliphatic carbocycles. The first kappa shape index (κ1) is 11.2. The van der Waals surface area contributed by atoms with Crippen LogP contribution < -0.4 is 0 Å². The van der Waals surface area contributed by atoms with Gasteiger partial charge in [0, 0.05) is 14.2 Å². The predicted molar refractivity (Wildman–Crippen MR) is 57.0 cm³/mol. The summed E-state index contributed by atoms with van der Waals surface area (Å²) in [6, 6.07) is 2.40. The lowest BCUT2D eigenvalue weighted by Gasteiger charge is -2.34. The minimum Gasteiger partial charge on any atom is -0.398 e. The van der Waals surface area contributed by atoms with Gasteiger partial charge in [0.2, 0.25) is 0 Å². The Bertz CT molecular complexity index is 136. The first-order valence-electron chi connectivity index (χ1n) is 5.36. The molecule has 1 rings (SSSR count). The van der Waals surface area contributed by atoms with Crippen molar-refractivity contribution in [3.63, 3.8) is 0 Å². The van der Waals surface area contributed by atoms with E-state index in [0.29, 0.717) is 0 Å². The molecule has 0 atom stereocenters. The van der Waals surface area contributed by atoms with Gasteiger partial charge in [-0.1, -0.05) is 19.8 Å². The smallest absolute Gasteiger partial charge is 0.337 e. The van der Waals surface area contributed by atoms with Gasteiger partial charge in [0.15, 0.2) is 0 Å². The Kier molecular flexibility index (Phi) is 4.42. The summed E-state index contributed by atoms with van der Waals surface area (Å²) in [5.74, 6) is 0.941. The van der Waals surface area contributed by atoms with Gasteiger partial charge >= 0.3 is 8.56 Å². The topological polar surface area (TPSA) is 18.5 Å². The fourth-order valence-corrected chi connectivity index (χ4v) is 5.24. The molecule has 0 spiro atoms. The molecule has 2 nitrogen and oxygen atoms in total. The molecule has 0 aromatic rings. The third kappa shape index (κ3) is 2.79. The number of hydrogen-bond acceptors (Lipinski definition) is 2. The van der Waals surface area contributed by atoms with Gasteiger partial charge in [-0.3, -0.25) is 0 Å². The molecule has 78 valence electrons. The third-order valence-electron chi connectivity index (χ3n) is 3.31. The van der Waals surface area contributed by atoms with Crippen LogP contribution in [0, 0.1) is 5.92 Å². The van der Waals surface area contributed by atoms with Crippen LogP contribution >= 0.6 is 0 Å². The molecule has 13 heavy (non-hydrogen) atoms. The molecule has 1 heterocycles. The fourth-order valence-electron chi connectivity index (χ4n) is 2.31. The van der Waals surface area contributed by atoms with Gasteiger partial charge in [0.25, 0.3) is 0 Å². The molecule has 0 saturated carbocycles. The molecule has 0 unspecified atom stereocenters. The van der Waals surface area contributed by atoms with E-state index in [1.807, 2.05) is 14.2 Å². The van der Waals surface area contributed by atoms with Crippen molar-refractivity contribution in [2.24, 2.45) is 5.92 Å². The summed E-state index contributed by atoms with van der Waals surface area (Å²) in [5, 5.41) is 0. The lowest BCUT2D eigenvalue weighted by atomic mass is 9.97. The minimum atomic E-state index is -1.70. The zero-order valence-corrected chi connectivity index (χ0v) is 10.1. The lowest BCUT2D eigenvalue weighted by Crippen LogP contribution is -2.43. The second-order valence-electron chi connectivity index (χ2n) is 4.05. The van der Waals surface area contributed by atoms with Crippen molar-refractivity contribution in [2.45, 2.75) is 44.7 Å². The standard InChI is InChI=1S/C10H22O2Si/c1-4-5-10-6-8-13(11-2,12-3)9-7-10/h10H,4-9H2,1-3H3. The summed E-state index contributed by atoms with van der Waals surface area (Å²) in [6.45, 7) is 2.27. The van der Waals surface area contributed by atoms with Crippen molar-refractivity contribution in [1.29, 1.82) is 0 Å². The molecule has 0 N–H and O–H groups in total. The highest BCUT2D eigenvalue weighted by Crippen LogP contribution is 2.35. The first-order chi connectivity index (χ1) is 6.26. The summed E-state index contributed by atoms with van der Waals surface area (Å²) in [4.78, 5) is 0. The highest BCUT2D eigenvalue weighted by Gasteiger charge is 2.39. The van der Waals surface area contributed by atoms with Gasteiger partial charge in [-0.05, 0) is 30.8 Å². The minimum absolute atomic E-state index is 0.941. The van der Waals surface area contributed by atoms with E-state index in [1.54, 1.807) is 0 Å². The first-order valence-corrected chi connectivity index (χ1v) is 7.59. The van der Waals surface area contributed by atoms with Crippen LogP contribution in [0.2, 0.25) is 12.1 Å². The van der Waals surface area contributed by atoms with E-state index in [-0.39, 0.29) is 0 Å². The van der Waals surface area contributed by atoms with Crippen molar-refractivity contribution in [3.8, 4) is 0 Å². The van der Waals surface area contributed by atoms with Gasteiger partial charge in [0.05, 0.1) is 0 Å². The van der Waals surface area contributed by atoms with Crippen LogP contribution in [0.3, 0.4) is 0 Å². The molecule has 0 aromatic heterocycles. The third-order valence-corrected chi connectivity index (χ3v) is 6.90. The van der Waals surface area contributed by atoms with Crippen molar-refractivity contribution >= 4 is 8.56 Å². The quantitative estimate of drug-likeness (QED) is 0.653. The normalized spacial score (nSPS) is 23.3. The van der Waals surface area contributed by atoms with E-state index >= 15 is 0 Å². The SMILES string of the molecule is CCCC1CC[Si](OC)(OC)CC1. The average Bonchev–Trinajstić information content (AvgIpc) is 2.20. The lowest BCUT2D eigenvalue weighted by molar-refractivity contribution is 0.219. The van der Waals surface area contributed by atoms with E-state index < -0.39 is 8.56 Å². The Morgan fingerprint density at radius 1 is 1.15 bits per heavy atom. The molecule has 0 radical (unpaired) electrons. The van der Waals surface area contributed by atoms with E-state index in [4.69, 9.17) is 8.85 Å². The van der Waals surface area contributed by atoms with E-state index in [0.717, 1.165) is 5.92 Å². The van der Waals surface area contributed by atoms with Crippen LogP contribution in [0.1, 0.15) is 32.6 Å². The second kappa shape index (κ2) is 5.13. The summed E-state index contributed by atoms with van der Waals surface area (Å²) in [7, 11) is 1.93. The molecule has 1 aliphatic heterocycles. The van der Waals surface area contributed by atoms with E-state index in [9.17, 15) is 0 Å². The maximum absolute atomic E-state index is 5.57. The van der Waals surface area contributed by atoms with Crippen molar-refractivity contribution in [1.82, 2.24) is 0 Å². The van der Waals surface area contributed by atoms with Crippen LogP contribution in [-0.2, 0) is 8.85 Å². The Balaban J connectivity index is 2.36. The molecule has 3 heteroatoms. The summed E-state index contributed by atoms with van der Waals surface area (Å²) in [6.07, 6.45) is 5.35. The number of hydrogen-bond donors (Lipinski definition) is 0. The van der Waals surface area contributed by atoms with Crippen molar-refractivity contribution < 1.29 is 8.85 Å². The van der Waals surface area contributed by atoms with Gasteiger partial charge < -0.3 is 8.85 Å². The van der Waals surface area contributed by atoms with Gasteiger partial charge in [-0.2, -0.15) is 0 Å². The zero-order chi connectivity index (χ0) is 9.73. The van der Waals surface area contributed by atoms with Crippen molar-refractivity contribution in [3.05, 3.63) is 0 Å². The Hall–Kier alpha value is 0.137.